The van der Waals surface area contributed by atoms with E-state index in [1.54, 1.807) is 18.3 Å². The fourth-order valence-corrected chi connectivity index (χ4v) is 5.11. The molecule has 1 N–H and O–H groups in total. The third kappa shape index (κ3) is 4.97. The maximum absolute atomic E-state index is 14.0. The fourth-order valence-electron chi connectivity index (χ4n) is 5.11. The van der Waals surface area contributed by atoms with Gasteiger partial charge in [-0.25, -0.2) is 18.7 Å². The Bertz CT molecular complexity index is 1260. The number of pyridine rings is 1. The summed E-state index contributed by atoms with van der Waals surface area (Å²) in [5.74, 6) is -0.963. The van der Waals surface area contributed by atoms with E-state index in [0.29, 0.717) is 17.8 Å². The molecule has 0 radical (unpaired) electrons. The van der Waals surface area contributed by atoms with Gasteiger partial charge in [-0.05, 0) is 39.1 Å². The molecule has 3 aromatic rings. The van der Waals surface area contributed by atoms with E-state index >= 15 is 0 Å². The molecule has 190 valence electrons. The van der Waals surface area contributed by atoms with E-state index in [2.05, 4.69) is 24.7 Å². The zero-order chi connectivity index (χ0) is 25.4. The molecule has 2 aliphatic rings. The monoisotopic (exact) mass is 494 g/mol. The molecule has 9 heteroatoms. The Labute approximate surface area is 210 Å². The summed E-state index contributed by atoms with van der Waals surface area (Å²) < 4.78 is 30.1. The number of likely N-dealkylation sites (N-methyl/N-ethyl adjacent to an activating group) is 1. The number of carbonyl (C=O) groups excluding carboxylic acids is 1. The highest BCUT2D eigenvalue weighted by Crippen LogP contribution is 2.36. The smallest absolute Gasteiger partial charge is 0.270 e. The number of halogens is 2. The summed E-state index contributed by atoms with van der Waals surface area (Å²) in [5, 5.41) is 2.83. The summed E-state index contributed by atoms with van der Waals surface area (Å²) in [6, 6.07) is 8.52. The van der Waals surface area contributed by atoms with Crippen LogP contribution in [0.1, 0.15) is 42.6 Å². The van der Waals surface area contributed by atoms with Crippen molar-refractivity contribution < 1.29 is 13.6 Å². The van der Waals surface area contributed by atoms with Gasteiger partial charge < -0.3 is 19.7 Å². The van der Waals surface area contributed by atoms with E-state index in [4.69, 9.17) is 4.98 Å². The quantitative estimate of drug-likeness (QED) is 0.524. The van der Waals surface area contributed by atoms with Crippen molar-refractivity contribution in [3.05, 3.63) is 59.7 Å². The van der Waals surface area contributed by atoms with Crippen LogP contribution in [0, 0.1) is 0 Å². The number of fused-ring (bicyclic) bond motifs is 1. The minimum absolute atomic E-state index is 0.00412. The van der Waals surface area contributed by atoms with E-state index in [-0.39, 0.29) is 17.4 Å². The number of nitrogens with one attached hydrogen (secondary N) is 1. The minimum atomic E-state index is -2.90. The van der Waals surface area contributed by atoms with Gasteiger partial charge in [-0.1, -0.05) is 18.2 Å². The van der Waals surface area contributed by atoms with E-state index < -0.39 is 5.92 Å². The van der Waals surface area contributed by atoms with E-state index in [1.165, 1.54) is 6.07 Å². The van der Waals surface area contributed by atoms with Crippen molar-refractivity contribution >= 4 is 17.4 Å². The molecule has 0 saturated carbocycles. The number of piperidine rings is 1. The molecule has 1 amide bonds. The van der Waals surface area contributed by atoms with Crippen molar-refractivity contribution in [2.75, 3.05) is 43.9 Å². The topological polar surface area (TPSA) is 66.3 Å². The van der Waals surface area contributed by atoms with Crippen LogP contribution < -0.4 is 10.2 Å². The van der Waals surface area contributed by atoms with Crippen LogP contribution in [0.2, 0.25) is 0 Å². The molecule has 2 aromatic heterocycles. The van der Waals surface area contributed by atoms with Crippen molar-refractivity contribution in [3.8, 4) is 11.3 Å². The van der Waals surface area contributed by atoms with Gasteiger partial charge in [-0.3, -0.25) is 4.79 Å². The van der Waals surface area contributed by atoms with E-state index in [9.17, 15) is 13.6 Å². The third-order valence-electron chi connectivity index (χ3n) is 7.09. The molecule has 5 rings (SSSR count). The fraction of sp³-hybridized carbons (Fsp3) is 0.444. The number of aromatic nitrogens is 3. The zero-order valence-corrected chi connectivity index (χ0v) is 21.0. The van der Waals surface area contributed by atoms with Crippen LogP contribution in [0.4, 0.5) is 20.3 Å². The summed E-state index contributed by atoms with van der Waals surface area (Å²) in [7, 11) is 4.07. The van der Waals surface area contributed by atoms with Crippen molar-refractivity contribution in [2.45, 2.75) is 44.6 Å². The Hall–Kier alpha value is -3.33. The minimum Gasteiger partial charge on any atom is -0.371 e. The van der Waals surface area contributed by atoms with Crippen LogP contribution in [0.25, 0.3) is 11.3 Å². The SMILES string of the molecule is CN(C)CCn1cc(-c2cccc(C(C)(F)F)c2)nc1C1CCN(c2ccnc3c2CC(=O)N3)CC1. The Kier molecular flexibility index (Phi) is 6.51. The van der Waals surface area contributed by atoms with Crippen LogP contribution in [0.5, 0.6) is 0 Å². The molecule has 1 saturated heterocycles. The predicted molar refractivity (Wildman–Crippen MR) is 137 cm³/mol. The van der Waals surface area contributed by atoms with Crippen molar-refractivity contribution in [1.82, 2.24) is 19.4 Å². The summed E-state index contributed by atoms with van der Waals surface area (Å²) in [4.78, 5) is 25.6. The molecule has 7 nitrogen and oxygen atoms in total. The average molecular weight is 495 g/mol. The number of imidazole rings is 1. The first-order chi connectivity index (χ1) is 17.2. The van der Waals surface area contributed by atoms with Gasteiger partial charge in [-0.2, -0.15) is 0 Å². The Morgan fingerprint density at radius 3 is 2.69 bits per heavy atom. The summed E-state index contributed by atoms with van der Waals surface area (Å²) in [6.45, 7) is 4.26. The van der Waals surface area contributed by atoms with Gasteiger partial charge in [0, 0.05) is 73.8 Å². The standard InChI is InChI=1S/C27H32F2N6O/c1-27(28,29)20-6-4-5-19(15-20)22-17-35(14-13-33(2)3)26(31-22)18-8-11-34(12-9-18)23-7-10-30-25-21(23)16-24(36)32-25/h4-7,10,15,17-18H,8-9,11-14,16H2,1-3H3,(H,30,32,36). The van der Waals surface area contributed by atoms with Gasteiger partial charge >= 0.3 is 0 Å². The van der Waals surface area contributed by atoms with Gasteiger partial charge in [0.1, 0.15) is 11.6 Å². The average Bonchev–Trinajstić information content (AvgIpc) is 3.45. The normalized spacial score (nSPS) is 16.5. The van der Waals surface area contributed by atoms with Gasteiger partial charge in [0.25, 0.3) is 5.92 Å². The van der Waals surface area contributed by atoms with Crippen LogP contribution in [0.15, 0.2) is 42.7 Å². The summed E-state index contributed by atoms with van der Waals surface area (Å²) >= 11 is 0. The first kappa shape index (κ1) is 24.4. The van der Waals surface area contributed by atoms with Crippen LogP contribution in [-0.4, -0.2) is 59.1 Å². The lowest BCUT2D eigenvalue weighted by Gasteiger charge is -2.34. The van der Waals surface area contributed by atoms with Gasteiger partial charge in [0.2, 0.25) is 5.91 Å². The molecule has 0 spiro atoms. The number of benzene rings is 1. The highest BCUT2D eigenvalue weighted by Gasteiger charge is 2.30. The number of alkyl halides is 2. The molecule has 0 atom stereocenters. The maximum Gasteiger partial charge on any atom is 0.270 e. The lowest BCUT2D eigenvalue weighted by Crippen LogP contribution is -2.34. The molecule has 1 aromatic carbocycles. The molecule has 4 heterocycles. The van der Waals surface area contributed by atoms with Crippen LogP contribution in [-0.2, 0) is 23.7 Å². The van der Waals surface area contributed by atoms with Crippen molar-refractivity contribution in [2.24, 2.45) is 0 Å². The number of nitrogens with zero attached hydrogens (tertiary/aromatic N) is 5. The number of rotatable bonds is 7. The van der Waals surface area contributed by atoms with Crippen molar-refractivity contribution in [3.63, 3.8) is 0 Å². The highest BCUT2D eigenvalue weighted by molar-refractivity contribution is 6.00. The molecule has 0 aliphatic carbocycles. The van der Waals surface area contributed by atoms with Crippen molar-refractivity contribution in [1.29, 1.82) is 0 Å². The van der Waals surface area contributed by atoms with E-state index in [1.807, 2.05) is 32.4 Å². The molecule has 1 fully saturated rings. The lowest BCUT2D eigenvalue weighted by molar-refractivity contribution is -0.115. The van der Waals surface area contributed by atoms with E-state index in [0.717, 1.165) is 68.7 Å². The molecular formula is C27H32F2N6O. The molecular weight excluding hydrogens is 462 g/mol. The first-order valence-electron chi connectivity index (χ1n) is 12.4. The molecule has 2 aliphatic heterocycles. The number of amides is 1. The number of anilines is 2. The Balaban J connectivity index is 1.38. The predicted octanol–water partition coefficient (Wildman–Crippen LogP) is 4.50. The molecule has 0 bridgehead atoms. The van der Waals surface area contributed by atoms with Crippen LogP contribution >= 0.6 is 0 Å². The second-order valence-corrected chi connectivity index (χ2v) is 10.1. The second kappa shape index (κ2) is 9.61. The molecule has 0 unspecified atom stereocenters. The Morgan fingerprint density at radius 2 is 1.97 bits per heavy atom. The Morgan fingerprint density at radius 1 is 1.19 bits per heavy atom. The van der Waals surface area contributed by atoms with Gasteiger partial charge in [0.15, 0.2) is 0 Å². The molecule has 36 heavy (non-hydrogen) atoms. The van der Waals surface area contributed by atoms with Crippen LogP contribution in [0.3, 0.4) is 0 Å². The lowest BCUT2D eigenvalue weighted by atomic mass is 9.95. The third-order valence-corrected chi connectivity index (χ3v) is 7.09. The van der Waals surface area contributed by atoms with Gasteiger partial charge in [-0.15, -0.1) is 0 Å². The first-order valence-corrected chi connectivity index (χ1v) is 12.4. The number of hydrogen-bond donors (Lipinski definition) is 1. The highest BCUT2D eigenvalue weighted by atomic mass is 19.3. The maximum atomic E-state index is 14.0. The number of hydrogen-bond acceptors (Lipinski definition) is 5. The summed E-state index contributed by atoms with van der Waals surface area (Å²) in [6.07, 6.45) is 5.96. The van der Waals surface area contributed by atoms with Gasteiger partial charge in [0.05, 0.1) is 12.1 Å². The summed E-state index contributed by atoms with van der Waals surface area (Å²) in [5.41, 5.74) is 3.49. The second-order valence-electron chi connectivity index (χ2n) is 10.1. The largest absolute Gasteiger partial charge is 0.371 e. The zero-order valence-electron chi connectivity index (χ0n) is 21.0. The number of carbonyl (C=O) groups is 1.